The number of fused-ring (bicyclic) bond motifs is 1. The van der Waals surface area contributed by atoms with E-state index < -0.39 is 0 Å². The molecule has 190 valence electrons. The molecule has 7 nitrogen and oxygen atoms in total. The zero-order valence-electron chi connectivity index (χ0n) is 21.6. The van der Waals surface area contributed by atoms with Gasteiger partial charge in [0.25, 0.3) is 0 Å². The second-order valence-electron chi connectivity index (χ2n) is 9.30. The van der Waals surface area contributed by atoms with Crippen molar-refractivity contribution in [3.8, 4) is 6.07 Å². The van der Waals surface area contributed by atoms with Crippen LogP contribution in [0.4, 0.5) is 5.69 Å². The fraction of sp³-hybridized carbons (Fsp3) is 0.286. The normalized spacial score (nSPS) is 11.7. The van der Waals surface area contributed by atoms with Gasteiger partial charge in [0.15, 0.2) is 5.65 Å². The maximum absolute atomic E-state index is 9.75. The quantitative estimate of drug-likeness (QED) is 0.187. The predicted molar refractivity (Wildman–Crippen MR) is 149 cm³/mol. The molecule has 0 saturated carbocycles. The molecular formula is C28H29Cl2N7. The Labute approximate surface area is 227 Å². The van der Waals surface area contributed by atoms with Gasteiger partial charge < -0.3 is 9.80 Å². The average Bonchev–Trinajstić information content (AvgIpc) is 3.13. The van der Waals surface area contributed by atoms with E-state index in [0.29, 0.717) is 24.8 Å². The van der Waals surface area contributed by atoms with Crippen molar-refractivity contribution in [1.29, 1.82) is 5.26 Å². The lowest BCUT2D eigenvalue weighted by atomic mass is 9.99. The van der Waals surface area contributed by atoms with Gasteiger partial charge in [-0.15, -0.1) is 0 Å². The minimum atomic E-state index is 0.278. The number of hydrogen-bond acceptors (Lipinski definition) is 6. The highest BCUT2D eigenvalue weighted by Gasteiger charge is 2.21. The average molecular weight is 534 g/mol. The minimum Gasteiger partial charge on any atom is -0.355 e. The molecule has 0 saturated heterocycles. The first kappa shape index (κ1) is 26.5. The third kappa shape index (κ3) is 5.87. The summed E-state index contributed by atoms with van der Waals surface area (Å²) in [5.41, 5.74) is 5.71. The molecule has 9 heteroatoms. The summed E-state index contributed by atoms with van der Waals surface area (Å²) in [6, 6.07) is 17.9. The Kier molecular flexibility index (Phi) is 8.01. The molecule has 0 aliphatic heterocycles. The second-order valence-corrected chi connectivity index (χ2v) is 10.1. The van der Waals surface area contributed by atoms with E-state index in [2.05, 4.69) is 36.1 Å². The van der Waals surface area contributed by atoms with Crippen LogP contribution >= 0.6 is 23.2 Å². The highest BCUT2D eigenvalue weighted by Crippen LogP contribution is 2.31. The summed E-state index contributed by atoms with van der Waals surface area (Å²) in [6.07, 6.45) is 1.53. The van der Waals surface area contributed by atoms with Gasteiger partial charge in [-0.25, -0.2) is 9.97 Å². The van der Waals surface area contributed by atoms with Crippen LogP contribution in [-0.2, 0) is 20.1 Å². The topological polar surface area (TPSA) is 73.9 Å². The molecule has 3 heterocycles. The van der Waals surface area contributed by atoms with Crippen LogP contribution in [0.3, 0.4) is 0 Å². The van der Waals surface area contributed by atoms with Gasteiger partial charge in [0.05, 0.1) is 30.1 Å². The van der Waals surface area contributed by atoms with Crippen molar-refractivity contribution in [2.75, 3.05) is 11.9 Å². The molecule has 37 heavy (non-hydrogen) atoms. The number of anilines is 1. The van der Waals surface area contributed by atoms with E-state index >= 15 is 0 Å². The van der Waals surface area contributed by atoms with Crippen LogP contribution in [0.15, 0.2) is 60.4 Å². The summed E-state index contributed by atoms with van der Waals surface area (Å²) in [6.45, 7) is 7.34. The lowest BCUT2D eigenvalue weighted by molar-refractivity contribution is 0.390. The molecule has 3 aromatic heterocycles. The van der Waals surface area contributed by atoms with E-state index in [4.69, 9.17) is 28.2 Å². The molecule has 0 atom stereocenters. The first-order chi connectivity index (χ1) is 17.7. The van der Waals surface area contributed by atoms with Crippen molar-refractivity contribution in [3.63, 3.8) is 0 Å². The van der Waals surface area contributed by atoms with Crippen molar-refractivity contribution in [1.82, 2.24) is 24.6 Å². The number of aryl methyl sites for hydroxylation is 2. The largest absolute Gasteiger partial charge is 0.355 e. The number of hydrogen-bond donors (Lipinski definition) is 0. The zero-order valence-corrected chi connectivity index (χ0v) is 23.1. The van der Waals surface area contributed by atoms with Crippen LogP contribution in [0.5, 0.6) is 0 Å². The number of halogens is 2. The van der Waals surface area contributed by atoms with Crippen molar-refractivity contribution in [2.24, 2.45) is 7.05 Å². The van der Waals surface area contributed by atoms with Crippen LogP contribution in [0, 0.1) is 18.3 Å². The van der Waals surface area contributed by atoms with Crippen molar-refractivity contribution in [2.45, 2.75) is 39.8 Å². The molecule has 0 fully saturated rings. The maximum Gasteiger partial charge on any atom is 0.158 e. The third-order valence-corrected chi connectivity index (χ3v) is 6.56. The number of nitriles is 1. The van der Waals surface area contributed by atoms with E-state index in [9.17, 15) is 5.26 Å². The number of aromatic nitrogens is 4. The predicted octanol–water partition coefficient (Wildman–Crippen LogP) is 6.61. The van der Waals surface area contributed by atoms with Gasteiger partial charge in [-0.2, -0.15) is 10.4 Å². The summed E-state index contributed by atoms with van der Waals surface area (Å²) in [4.78, 5) is 13.1. The molecule has 4 rings (SSSR count). The van der Waals surface area contributed by atoms with Gasteiger partial charge in [0, 0.05) is 31.7 Å². The van der Waals surface area contributed by atoms with Crippen molar-refractivity contribution < 1.29 is 0 Å². The van der Waals surface area contributed by atoms with Crippen LogP contribution in [0.1, 0.15) is 42.3 Å². The number of benzene rings is 1. The van der Waals surface area contributed by atoms with Crippen LogP contribution in [0.2, 0.25) is 10.3 Å². The number of rotatable bonds is 8. The van der Waals surface area contributed by atoms with E-state index in [1.165, 1.54) is 11.6 Å². The molecule has 0 aliphatic rings. The third-order valence-electron chi connectivity index (χ3n) is 6.18. The van der Waals surface area contributed by atoms with Gasteiger partial charge in [-0.05, 0) is 42.2 Å². The maximum atomic E-state index is 9.75. The molecule has 0 amide bonds. The standard InChI is InChI=1S/C28H29Cl2N7/c1-18(2)23-13-21(32-28-27(23)19(3)34-36(28)5)17-35(4)26(11-12-31)37(16-20-9-7-6-8-10-20)22-14-24(29)33-25(30)15-22/h6-11,13-15,18H,16-17H2,1-5H3/b26-11-. The highest BCUT2D eigenvalue weighted by atomic mass is 35.5. The van der Waals surface area contributed by atoms with Crippen molar-refractivity contribution in [3.05, 3.63) is 93.2 Å². The van der Waals surface area contributed by atoms with E-state index in [1.807, 2.05) is 65.8 Å². The van der Waals surface area contributed by atoms with E-state index in [1.54, 1.807) is 12.1 Å². The summed E-state index contributed by atoms with van der Waals surface area (Å²) in [5, 5.41) is 16.0. The Bertz CT molecular complexity index is 1470. The minimum absolute atomic E-state index is 0.278. The van der Waals surface area contributed by atoms with Gasteiger partial charge in [0.2, 0.25) is 0 Å². The Morgan fingerprint density at radius 2 is 1.76 bits per heavy atom. The van der Waals surface area contributed by atoms with Crippen LogP contribution < -0.4 is 4.90 Å². The molecule has 0 unspecified atom stereocenters. The van der Waals surface area contributed by atoms with Gasteiger partial charge in [-0.3, -0.25) is 4.68 Å². The number of pyridine rings is 2. The van der Waals surface area contributed by atoms with Crippen molar-refractivity contribution >= 4 is 39.9 Å². The second kappa shape index (κ2) is 11.2. The number of allylic oxidation sites excluding steroid dienone is 1. The molecule has 1 aromatic carbocycles. The molecule has 0 N–H and O–H groups in total. The van der Waals surface area contributed by atoms with Gasteiger partial charge in [-0.1, -0.05) is 67.4 Å². The SMILES string of the molecule is Cc1nn(C)c2nc(CN(C)/C(=C/C#N)N(Cc3ccccc3)c3cc(Cl)nc(Cl)c3)cc(C(C)C)c12. The monoisotopic (exact) mass is 533 g/mol. The fourth-order valence-corrected chi connectivity index (χ4v) is 4.97. The van der Waals surface area contributed by atoms with Crippen LogP contribution in [0.25, 0.3) is 11.0 Å². The van der Waals surface area contributed by atoms with E-state index in [0.717, 1.165) is 33.7 Å². The molecule has 4 aromatic rings. The first-order valence-electron chi connectivity index (χ1n) is 12.0. The summed E-state index contributed by atoms with van der Waals surface area (Å²) in [7, 11) is 3.86. The lowest BCUT2D eigenvalue weighted by Crippen LogP contribution is -2.33. The Balaban J connectivity index is 1.77. The lowest BCUT2D eigenvalue weighted by Gasteiger charge is -2.33. The van der Waals surface area contributed by atoms with Crippen LogP contribution in [-0.4, -0.2) is 31.7 Å². The molecule has 0 aliphatic carbocycles. The molecule has 0 bridgehead atoms. The molecular weight excluding hydrogens is 505 g/mol. The Morgan fingerprint density at radius 3 is 2.38 bits per heavy atom. The summed E-state index contributed by atoms with van der Waals surface area (Å²) in [5.74, 6) is 0.987. The Hall–Kier alpha value is -3.60. The highest BCUT2D eigenvalue weighted by molar-refractivity contribution is 6.32. The molecule has 0 radical (unpaired) electrons. The fourth-order valence-electron chi connectivity index (χ4n) is 4.52. The smallest absolute Gasteiger partial charge is 0.158 e. The van der Waals surface area contributed by atoms with Gasteiger partial charge >= 0.3 is 0 Å². The van der Waals surface area contributed by atoms with E-state index in [-0.39, 0.29) is 10.3 Å². The summed E-state index contributed by atoms with van der Waals surface area (Å²) >= 11 is 12.5. The molecule has 0 spiro atoms. The number of nitrogens with zero attached hydrogens (tertiary/aromatic N) is 7. The first-order valence-corrected chi connectivity index (χ1v) is 12.7. The Morgan fingerprint density at radius 1 is 1.08 bits per heavy atom. The zero-order chi connectivity index (χ0) is 26.7. The van der Waals surface area contributed by atoms with Gasteiger partial charge in [0.1, 0.15) is 16.1 Å². The summed E-state index contributed by atoms with van der Waals surface area (Å²) < 4.78 is 1.83.